The van der Waals surface area contributed by atoms with Crippen LogP contribution in [0, 0.1) is 5.21 Å². The SMILES string of the molecule is O=C(NCc1ccccn1)c1ccc[n+]([O-])c1. The Hall–Kier alpha value is -2.43. The highest BCUT2D eigenvalue weighted by atomic mass is 16.5. The molecule has 0 aromatic carbocycles. The third kappa shape index (κ3) is 3.01. The minimum absolute atomic E-state index is 0.291. The van der Waals surface area contributed by atoms with Crippen molar-refractivity contribution in [2.45, 2.75) is 6.54 Å². The molecule has 1 N–H and O–H groups in total. The molecule has 2 aromatic rings. The summed E-state index contributed by atoms with van der Waals surface area (Å²) < 4.78 is 0.593. The molecule has 0 unspecified atom stereocenters. The molecule has 2 rings (SSSR count). The van der Waals surface area contributed by atoms with Gasteiger partial charge in [0.2, 0.25) is 0 Å². The highest BCUT2D eigenvalue weighted by Gasteiger charge is 2.07. The van der Waals surface area contributed by atoms with E-state index in [0.29, 0.717) is 16.8 Å². The Morgan fingerprint density at radius 3 is 2.94 bits per heavy atom. The largest absolute Gasteiger partial charge is 0.619 e. The Morgan fingerprint density at radius 2 is 2.24 bits per heavy atom. The Kier molecular flexibility index (Phi) is 3.30. The molecular weight excluding hydrogens is 218 g/mol. The summed E-state index contributed by atoms with van der Waals surface area (Å²) in [5.74, 6) is -0.291. The molecule has 1 amide bonds. The first-order valence-electron chi connectivity index (χ1n) is 5.12. The van der Waals surface area contributed by atoms with Gasteiger partial charge in [-0.05, 0) is 18.2 Å². The lowest BCUT2D eigenvalue weighted by Crippen LogP contribution is -2.29. The van der Waals surface area contributed by atoms with Gasteiger partial charge in [-0.2, -0.15) is 4.73 Å². The molecule has 0 spiro atoms. The molecule has 5 nitrogen and oxygen atoms in total. The van der Waals surface area contributed by atoms with Gasteiger partial charge in [-0.3, -0.25) is 9.78 Å². The first kappa shape index (κ1) is 11.1. The van der Waals surface area contributed by atoms with Crippen LogP contribution in [0.2, 0.25) is 0 Å². The smallest absolute Gasteiger partial charge is 0.257 e. The fourth-order valence-corrected chi connectivity index (χ4v) is 1.36. The molecule has 0 fully saturated rings. The summed E-state index contributed by atoms with van der Waals surface area (Å²) in [4.78, 5) is 15.8. The van der Waals surface area contributed by atoms with Crippen molar-refractivity contribution in [2.24, 2.45) is 0 Å². The minimum atomic E-state index is -0.291. The van der Waals surface area contributed by atoms with Crippen LogP contribution < -0.4 is 10.0 Å². The molecule has 86 valence electrons. The lowest BCUT2D eigenvalue weighted by Gasteiger charge is -2.04. The molecule has 5 heteroatoms. The Morgan fingerprint density at radius 1 is 1.35 bits per heavy atom. The van der Waals surface area contributed by atoms with E-state index in [2.05, 4.69) is 10.3 Å². The van der Waals surface area contributed by atoms with E-state index < -0.39 is 0 Å². The molecule has 0 atom stereocenters. The standard InChI is InChI=1S/C12H11N3O2/c16-12(10-4-3-7-15(17)9-10)14-8-11-5-1-2-6-13-11/h1-7,9H,8H2,(H,14,16). The summed E-state index contributed by atoms with van der Waals surface area (Å²) in [6.45, 7) is 0.341. The third-order valence-corrected chi connectivity index (χ3v) is 2.19. The van der Waals surface area contributed by atoms with Crippen LogP contribution in [-0.2, 0) is 6.54 Å². The highest BCUT2D eigenvalue weighted by Crippen LogP contribution is 1.96. The number of carbonyl (C=O) groups excluding carboxylic acids is 1. The molecule has 0 saturated carbocycles. The monoisotopic (exact) mass is 229 g/mol. The number of carbonyl (C=O) groups is 1. The highest BCUT2D eigenvalue weighted by molar-refractivity contribution is 5.93. The van der Waals surface area contributed by atoms with Crippen molar-refractivity contribution in [1.82, 2.24) is 10.3 Å². The fraction of sp³-hybridized carbons (Fsp3) is 0.0833. The fourth-order valence-electron chi connectivity index (χ4n) is 1.36. The lowest BCUT2D eigenvalue weighted by atomic mass is 10.2. The summed E-state index contributed by atoms with van der Waals surface area (Å²) in [6.07, 6.45) is 4.22. The van der Waals surface area contributed by atoms with E-state index in [0.717, 1.165) is 5.69 Å². The van der Waals surface area contributed by atoms with Crippen LogP contribution in [0.15, 0.2) is 48.9 Å². The van der Waals surface area contributed by atoms with Gasteiger partial charge in [0.25, 0.3) is 5.91 Å². The zero-order valence-electron chi connectivity index (χ0n) is 9.04. The van der Waals surface area contributed by atoms with Crippen LogP contribution in [0.4, 0.5) is 0 Å². The van der Waals surface area contributed by atoms with Gasteiger partial charge in [-0.15, -0.1) is 0 Å². The number of pyridine rings is 2. The van der Waals surface area contributed by atoms with Crippen molar-refractivity contribution in [3.05, 3.63) is 65.4 Å². The summed E-state index contributed by atoms with van der Waals surface area (Å²) >= 11 is 0. The van der Waals surface area contributed by atoms with E-state index in [-0.39, 0.29) is 5.91 Å². The maximum Gasteiger partial charge on any atom is 0.257 e. The maximum absolute atomic E-state index is 11.7. The second-order valence-electron chi connectivity index (χ2n) is 3.46. The molecule has 0 aliphatic rings. The number of rotatable bonds is 3. The minimum Gasteiger partial charge on any atom is -0.619 e. The van der Waals surface area contributed by atoms with Crippen LogP contribution in [0.1, 0.15) is 16.1 Å². The van der Waals surface area contributed by atoms with Gasteiger partial charge in [0.1, 0.15) is 5.56 Å². The average molecular weight is 229 g/mol. The second-order valence-corrected chi connectivity index (χ2v) is 3.46. The molecule has 2 aromatic heterocycles. The van der Waals surface area contributed by atoms with E-state index in [1.54, 1.807) is 12.3 Å². The van der Waals surface area contributed by atoms with E-state index in [4.69, 9.17) is 0 Å². The zero-order chi connectivity index (χ0) is 12.1. The van der Waals surface area contributed by atoms with Crippen molar-refractivity contribution in [3.63, 3.8) is 0 Å². The number of amides is 1. The van der Waals surface area contributed by atoms with Gasteiger partial charge in [-0.25, -0.2) is 0 Å². The van der Waals surface area contributed by atoms with Crippen molar-refractivity contribution < 1.29 is 9.52 Å². The number of hydrogen-bond donors (Lipinski definition) is 1. The first-order valence-corrected chi connectivity index (χ1v) is 5.12. The Labute approximate surface area is 98.3 Å². The van der Waals surface area contributed by atoms with Crippen LogP contribution >= 0.6 is 0 Å². The average Bonchev–Trinajstić information content (AvgIpc) is 2.37. The Balaban J connectivity index is 1.98. The number of aromatic nitrogens is 2. The molecule has 0 saturated heterocycles. The van der Waals surface area contributed by atoms with Gasteiger partial charge in [-0.1, -0.05) is 6.07 Å². The first-order chi connectivity index (χ1) is 8.25. The summed E-state index contributed by atoms with van der Waals surface area (Å²) in [6, 6.07) is 8.59. The van der Waals surface area contributed by atoms with E-state index >= 15 is 0 Å². The normalized spacial score (nSPS) is 9.88. The quantitative estimate of drug-likeness (QED) is 0.620. The molecular formula is C12H11N3O2. The predicted molar refractivity (Wildman–Crippen MR) is 60.8 cm³/mol. The summed E-state index contributed by atoms with van der Waals surface area (Å²) in [7, 11) is 0. The van der Waals surface area contributed by atoms with Gasteiger partial charge in [0.05, 0.1) is 12.2 Å². The van der Waals surface area contributed by atoms with Crippen LogP contribution in [0.5, 0.6) is 0 Å². The van der Waals surface area contributed by atoms with Gasteiger partial charge < -0.3 is 10.5 Å². The van der Waals surface area contributed by atoms with Crippen molar-refractivity contribution in [3.8, 4) is 0 Å². The van der Waals surface area contributed by atoms with E-state index in [1.165, 1.54) is 18.5 Å². The predicted octanol–water partition coefficient (Wildman–Crippen LogP) is 0.645. The topological polar surface area (TPSA) is 68.9 Å². The van der Waals surface area contributed by atoms with Crippen LogP contribution in [0.25, 0.3) is 0 Å². The molecule has 0 aliphatic carbocycles. The third-order valence-electron chi connectivity index (χ3n) is 2.19. The lowest BCUT2D eigenvalue weighted by molar-refractivity contribution is -0.605. The van der Waals surface area contributed by atoms with Crippen LogP contribution in [-0.4, -0.2) is 10.9 Å². The van der Waals surface area contributed by atoms with Crippen molar-refractivity contribution >= 4 is 5.91 Å². The van der Waals surface area contributed by atoms with Gasteiger partial charge in [0, 0.05) is 12.3 Å². The number of hydrogen-bond acceptors (Lipinski definition) is 3. The number of nitrogens with zero attached hydrogens (tertiary/aromatic N) is 2. The number of nitrogens with one attached hydrogen (secondary N) is 1. The van der Waals surface area contributed by atoms with E-state index in [1.807, 2.05) is 18.2 Å². The molecule has 2 heterocycles. The maximum atomic E-state index is 11.7. The van der Waals surface area contributed by atoms with E-state index in [9.17, 15) is 10.0 Å². The van der Waals surface area contributed by atoms with Crippen molar-refractivity contribution in [2.75, 3.05) is 0 Å². The van der Waals surface area contributed by atoms with Crippen LogP contribution in [0.3, 0.4) is 0 Å². The molecule has 0 aliphatic heterocycles. The van der Waals surface area contributed by atoms with Gasteiger partial charge >= 0.3 is 0 Å². The summed E-state index contributed by atoms with van der Waals surface area (Å²) in [5.41, 5.74) is 1.10. The van der Waals surface area contributed by atoms with Crippen molar-refractivity contribution in [1.29, 1.82) is 0 Å². The second kappa shape index (κ2) is 5.07. The Bertz CT molecular complexity index is 514. The zero-order valence-corrected chi connectivity index (χ0v) is 9.04. The molecule has 0 bridgehead atoms. The van der Waals surface area contributed by atoms with Gasteiger partial charge in [0.15, 0.2) is 12.4 Å². The summed E-state index contributed by atoms with van der Waals surface area (Å²) in [5, 5.41) is 13.7. The molecule has 17 heavy (non-hydrogen) atoms. The molecule has 0 radical (unpaired) electrons.